The van der Waals surface area contributed by atoms with E-state index in [2.05, 4.69) is 0 Å². The van der Waals surface area contributed by atoms with Crippen molar-refractivity contribution in [2.45, 2.75) is 18.6 Å². The van der Waals surface area contributed by atoms with E-state index < -0.39 is 17.3 Å². The molecule has 0 aliphatic carbocycles. The normalized spacial score (nSPS) is 18.3. The van der Waals surface area contributed by atoms with Crippen molar-refractivity contribution >= 4 is 23.4 Å². The van der Waals surface area contributed by atoms with Crippen LogP contribution in [-0.2, 0) is 16.2 Å². The Kier molecular flexibility index (Phi) is 4.17. The van der Waals surface area contributed by atoms with Crippen LogP contribution in [0.1, 0.15) is 22.3 Å². The quantitative estimate of drug-likeness (QED) is 0.829. The third kappa shape index (κ3) is 3.06. The molecule has 26 heavy (non-hydrogen) atoms. The summed E-state index contributed by atoms with van der Waals surface area (Å²) in [5, 5.41) is 1.58. The molecule has 0 aromatic heterocycles. The van der Waals surface area contributed by atoms with E-state index in [9.17, 15) is 14.0 Å². The van der Waals surface area contributed by atoms with E-state index in [-0.39, 0.29) is 36.0 Å². The highest BCUT2D eigenvalue weighted by molar-refractivity contribution is 6.30. The van der Waals surface area contributed by atoms with Gasteiger partial charge in [0.15, 0.2) is 0 Å². The molecule has 0 unspecified atom stereocenters. The number of likely N-dealkylation sites (tertiary alicyclic amines) is 1. The van der Waals surface area contributed by atoms with Crippen LogP contribution >= 0.6 is 11.6 Å². The Hall–Kier alpha value is -2.44. The van der Waals surface area contributed by atoms with E-state index in [1.165, 1.54) is 22.1 Å². The van der Waals surface area contributed by atoms with Crippen LogP contribution in [0.2, 0.25) is 5.02 Å². The maximum absolute atomic E-state index is 13.9. The molecular weight excluding hydrogens is 359 g/mol. The van der Waals surface area contributed by atoms with Gasteiger partial charge < -0.3 is 4.90 Å². The second-order valence-corrected chi connectivity index (χ2v) is 7.09. The molecule has 7 heteroatoms. The first-order chi connectivity index (χ1) is 12.5. The van der Waals surface area contributed by atoms with E-state index in [0.29, 0.717) is 6.54 Å². The summed E-state index contributed by atoms with van der Waals surface area (Å²) < 4.78 is 13.9. The zero-order chi connectivity index (χ0) is 18.3. The van der Waals surface area contributed by atoms with Gasteiger partial charge in [0, 0.05) is 5.02 Å². The minimum atomic E-state index is -0.704. The average molecular weight is 375 g/mol. The Morgan fingerprint density at radius 2 is 1.92 bits per heavy atom. The first kappa shape index (κ1) is 17.0. The summed E-state index contributed by atoms with van der Waals surface area (Å²) in [7, 11) is 0. The Bertz CT molecular complexity index is 868. The van der Waals surface area contributed by atoms with Crippen LogP contribution in [0.25, 0.3) is 0 Å². The summed E-state index contributed by atoms with van der Waals surface area (Å²) in [4.78, 5) is 32.0. The molecule has 1 spiro atoms. The second-order valence-electron chi connectivity index (χ2n) is 6.65. The van der Waals surface area contributed by atoms with Crippen LogP contribution < -0.4 is 0 Å². The van der Waals surface area contributed by atoms with Crippen LogP contribution in [0.3, 0.4) is 0 Å². The number of hydroxylamine groups is 2. The summed E-state index contributed by atoms with van der Waals surface area (Å²) in [6, 6.07) is 13.5. The van der Waals surface area contributed by atoms with Gasteiger partial charge in [-0.1, -0.05) is 41.9 Å². The molecule has 0 N–H and O–H groups in total. The lowest BCUT2D eigenvalue weighted by Gasteiger charge is -2.45. The third-order valence-corrected chi connectivity index (χ3v) is 4.87. The maximum Gasteiger partial charge on any atom is 0.257 e. The van der Waals surface area contributed by atoms with Gasteiger partial charge in [0.2, 0.25) is 5.91 Å². The summed E-state index contributed by atoms with van der Waals surface area (Å²) in [5.74, 6) is -1.20. The standard InChI is InChI=1S/C19H16ClFN2O3/c20-14-6-7-15(16(21)8-14)18(25)22-11-19(12-22)9-17(24)23(26-19)10-13-4-2-1-3-5-13/h1-8H,9-12H2. The maximum atomic E-state index is 13.9. The van der Waals surface area contributed by atoms with Crippen molar-refractivity contribution in [1.29, 1.82) is 0 Å². The number of benzene rings is 2. The van der Waals surface area contributed by atoms with Crippen LogP contribution in [0.4, 0.5) is 4.39 Å². The number of carbonyl (C=O) groups is 2. The number of halogens is 2. The van der Waals surface area contributed by atoms with E-state index in [1.54, 1.807) is 0 Å². The highest BCUT2D eigenvalue weighted by atomic mass is 35.5. The molecule has 2 aromatic carbocycles. The first-order valence-electron chi connectivity index (χ1n) is 8.24. The van der Waals surface area contributed by atoms with Crippen LogP contribution in [-0.4, -0.2) is 40.5 Å². The Labute approximate surface area is 154 Å². The van der Waals surface area contributed by atoms with Crippen molar-refractivity contribution in [2.24, 2.45) is 0 Å². The van der Waals surface area contributed by atoms with Gasteiger partial charge >= 0.3 is 0 Å². The van der Waals surface area contributed by atoms with Gasteiger partial charge in [-0.2, -0.15) is 0 Å². The molecule has 5 nitrogen and oxygen atoms in total. The minimum Gasteiger partial charge on any atom is -0.332 e. The SMILES string of the molecule is O=C(c1ccc(Cl)cc1F)N1CC2(CC(=O)N(Cc3ccccc3)O2)C1. The van der Waals surface area contributed by atoms with Crippen LogP contribution in [0.15, 0.2) is 48.5 Å². The zero-order valence-corrected chi connectivity index (χ0v) is 14.6. The summed E-state index contributed by atoms with van der Waals surface area (Å²) in [6.07, 6.45) is 0.215. The highest BCUT2D eigenvalue weighted by Crippen LogP contribution is 2.37. The molecule has 2 fully saturated rings. The molecule has 2 aliphatic rings. The van der Waals surface area contributed by atoms with Gasteiger partial charge in [-0.3, -0.25) is 14.4 Å². The molecular formula is C19H16ClFN2O3. The largest absolute Gasteiger partial charge is 0.332 e. The van der Waals surface area contributed by atoms with E-state index in [1.807, 2.05) is 30.3 Å². The molecule has 0 radical (unpaired) electrons. The molecule has 2 amide bonds. The van der Waals surface area contributed by atoms with Crippen molar-refractivity contribution in [3.63, 3.8) is 0 Å². The van der Waals surface area contributed by atoms with Crippen molar-refractivity contribution in [3.05, 3.63) is 70.5 Å². The summed E-state index contributed by atoms with van der Waals surface area (Å²) >= 11 is 5.72. The summed E-state index contributed by atoms with van der Waals surface area (Å²) in [5.41, 5.74) is 0.229. The topological polar surface area (TPSA) is 49.9 Å². The van der Waals surface area contributed by atoms with Gasteiger partial charge in [-0.25, -0.2) is 9.45 Å². The lowest BCUT2D eigenvalue weighted by Crippen LogP contribution is -2.63. The molecule has 0 atom stereocenters. The predicted molar refractivity (Wildman–Crippen MR) is 92.7 cm³/mol. The Morgan fingerprint density at radius 3 is 2.62 bits per heavy atom. The molecule has 2 aromatic rings. The van der Waals surface area contributed by atoms with Gasteiger partial charge in [-0.15, -0.1) is 0 Å². The first-order valence-corrected chi connectivity index (χ1v) is 8.61. The Balaban J connectivity index is 1.41. The fourth-order valence-electron chi connectivity index (χ4n) is 3.35. The predicted octanol–water partition coefficient (Wildman–Crippen LogP) is 3.04. The number of nitrogens with zero attached hydrogens (tertiary/aromatic N) is 2. The Morgan fingerprint density at radius 1 is 1.19 bits per heavy atom. The molecule has 4 rings (SSSR count). The van der Waals surface area contributed by atoms with Gasteiger partial charge in [0.1, 0.15) is 11.4 Å². The fourth-order valence-corrected chi connectivity index (χ4v) is 3.50. The average Bonchev–Trinajstić information content (AvgIpc) is 2.91. The van der Waals surface area contributed by atoms with Crippen molar-refractivity contribution in [1.82, 2.24) is 9.96 Å². The van der Waals surface area contributed by atoms with Crippen LogP contribution in [0, 0.1) is 5.82 Å². The van der Waals surface area contributed by atoms with Crippen molar-refractivity contribution in [3.8, 4) is 0 Å². The third-order valence-electron chi connectivity index (χ3n) is 4.63. The second kappa shape index (κ2) is 6.37. The molecule has 2 saturated heterocycles. The van der Waals surface area contributed by atoms with Crippen molar-refractivity contribution < 1.29 is 18.8 Å². The van der Waals surface area contributed by atoms with Gasteiger partial charge in [-0.05, 0) is 23.8 Å². The monoisotopic (exact) mass is 374 g/mol. The fraction of sp³-hybridized carbons (Fsp3) is 0.263. The lowest BCUT2D eigenvalue weighted by atomic mass is 9.90. The van der Waals surface area contributed by atoms with Gasteiger partial charge in [0.05, 0.1) is 31.6 Å². The van der Waals surface area contributed by atoms with E-state index >= 15 is 0 Å². The molecule has 0 bridgehead atoms. The van der Waals surface area contributed by atoms with E-state index in [4.69, 9.17) is 16.4 Å². The number of hydrogen-bond acceptors (Lipinski definition) is 3. The van der Waals surface area contributed by atoms with E-state index in [0.717, 1.165) is 11.6 Å². The lowest BCUT2D eigenvalue weighted by molar-refractivity contribution is -0.233. The highest BCUT2D eigenvalue weighted by Gasteiger charge is 2.55. The molecule has 0 saturated carbocycles. The van der Waals surface area contributed by atoms with Crippen LogP contribution in [0.5, 0.6) is 0 Å². The summed E-state index contributed by atoms with van der Waals surface area (Å²) in [6.45, 7) is 0.872. The number of carbonyl (C=O) groups excluding carboxylic acids is 2. The molecule has 2 heterocycles. The molecule has 2 aliphatic heterocycles. The van der Waals surface area contributed by atoms with Crippen molar-refractivity contribution in [2.75, 3.05) is 13.1 Å². The van der Waals surface area contributed by atoms with Gasteiger partial charge in [0.25, 0.3) is 5.91 Å². The smallest absolute Gasteiger partial charge is 0.257 e. The molecule has 134 valence electrons. The number of rotatable bonds is 3. The number of hydrogen-bond donors (Lipinski definition) is 0. The number of amides is 2. The zero-order valence-electron chi connectivity index (χ0n) is 13.8. The minimum absolute atomic E-state index is 0.0327.